The molecule has 7 heteroatoms. The van der Waals surface area contributed by atoms with Crippen molar-refractivity contribution in [1.82, 2.24) is 9.88 Å². The van der Waals surface area contributed by atoms with Gasteiger partial charge in [-0.2, -0.15) is 0 Å². The number of hydrogen-bond acceptors (Lipinski definition) is 7. The molecule has 2 rings (SSSR count). The van der Waals surface area contributed by atoms with Gasteiger partial charge in [-0.1, -0.05) is 0 Å². The molecule has 7 nitrogen and oxygen atoms in total. The lowest BCUT2D eigenvalue weighted by Crippen LogP contribution is -2.39. The average molecular weight is 280 g/mol. The smallest absolute Gasteiger partial charge is 0.340 e. The van der Waals surface area contributed by atoms with E-state index in [1.165, 1.54) is 13.3 Å². The van der Waals surface area contributed by atoms with Crippen LogP contribution in [0.1, 0.15) is 10.4 Å². The van der Waals surface area contributed by atoms with Gasteiger partial charge in [0.05, 0.1) is 37.8 Å². The van der Waals surface area contributed by atoms with Gasteiger partial charge in [-0.25, -0.2) is 9.78 Å². The Morgan fingerprint density at radius 3 is 3.00 bits per heavy atom. The molecule has 1 saturated heterocycles. The Morgan fingerprint density at radius 1 is 1.55 bits per heavy atom. The van der Waals surface area contributed by atoms with Crippen LogP contribution in [0.25, 0.3) is 0 Å². The number of morpholine rings is 1. The van der Waals surface area contributed by atoms with Crippen molar-refractivity contribution < 1.29 is 14.3 Å². The summed E-state index contributed by atoms with van der Waals surface area (Å²) in [7, 11) is 1.33. The Bertz CT molecular complexity index is 461. The van der Waals surface area contributed by atoms with E-state index in [4.69, 9.17) is 10.5 Å². The predicted molar refractivity (Wildman–Crippen MR) is 75.7 cm³/mol. The summed E-state index contributed by atoms with van der Waals surface area (Å²) in [5.41, 5.74) is 6.34. The van der Waals surface area contributed by atoms with Crippen LogP contribution in [-0.4, -0.2) is 62.4 Å². The van der Waals surface area contributed by atoms with Gasteiger partial charge in [0.1, 0.15) is 5.82 Å². The third kappa shape index (κ3) is 3.82. The molecule has 1 aliphatic rings. The average Bonchev–Trinajstić information content (AvgIpc) is 2.49. The molecule has 0 unspecified atom stereocenters. The maximum absolute atomic E-state index is 11.5. The molecule has 3 N–H and O–H groups in total. The van der Waals surface area contributed by atoms with Gasteiger partial charge in [-0.3, -0.25) is 4.90 Å². The summed E-state index contributed by atoms with van der Waals surface area (Å²) in [4.78, 5) is 18.0. The number of nitrogens with one attached hydrogen (secondary N) is 1. The van der Waals surface area contributed by atoms with Gasteiger partial charge in [-0.15, -0.1) is 0 Å². The van der Waals surface area contributed by atoms with E-state index in [2.05, 4.69) is 19.9 Å². The molecule has 110 valence electrons. The quantitative estimate of drug-likeness (QED) is 0.744. The number of carbonyl (C=O) groups is 1. The third-order valence-corrected chi connectivity index (χ3v) is 3.18. The molecule has 0 saturated carbocycles. The predicted octanol–water partition coefficient (Wildman–Crippen LogP) is 0.195. The van der Waals surface area contributed by atoms with E-state index < -0.39 is 5.97 Å². The summed E-state index contributed by atoms with van der Waals surface area (Å²) in [6.07, 6.45) is 1.46. The number of methoxy groups -OCH3 is 1. The first-order chi connectivity index (χ1) is 9.70. The fraction of sp³-hybridized carbons (Fsp3) is 0.538. The lowest BCUT2D eigenvalue weighted by molar-refractivity contribution is 0.0398. The number of aromatic nitrogens is 1. The van der Waals surface area contributed by atoms with Crippen molar-refractivity contribution in [2.75, 3.05) is 57.6 Å². The van der Waals surface area contributed by atoms with Crippen LogP contribution in [0.4, 0.5) is 11.5 Å². The molecule has 20 heavy (non-hydrogen) atoms. The second-order valence-corrected chi connectivity index (χ2v) is 4.53. The maximum atomic E-state index is 11.5. The fourth-order valence-electron chi connectivity index (χ4n) is 2.02. The Hall–Kier alpha value is -1.86. The number of carbonyl (C=O) groups excluding carboxylic acids is 1. The van der Waals surface area contributed by atoms with Crippen molar-refractivity contribution in [2.45, 2.75) is 0 Å². The van der Waals surface area contributed by atoms with Gasteiger partial charge >= 0.3 is 5.97 Å². The van der Waals surface area contributed by atoms with Crippen LogP contribution in [-0.2, 0) is 9.47 Å². The van der Waals surface area contributed by atoms with Crippen LogP contribution >= 0.6 is 0 Å². The first-order valence-electron chi connectivity index (χ1n) is 6.58. The number of hydrogen-bond donors (Lipinski definition) is 2. The lowest BCUT2D eigenvalue weighted by atomic mass is 10.2. The summed E-state index contributed by atoms with van der Waals surface area (Å²) in [6.45, 7) is 5.12. The van der Waals surface area contributed by atoms with Crippen molar-refractivity contribution in [3.8, 4) is 0 Å². The number of pyridine rings is 1. The standard InChI is InChI=1S/C13H20N4O3/c1-19-13(18)10-8-12(16-9-11(10)14)15-2-3-17-4-6-20-7-5-17/h8-9H,2-7,14H2,1H3,(H,15,16). The van der Waals surface area contributed by atoms with Gasteiger partial charge in [0.2, 0.25) is 0 Å². The molecule has 0 amide bonds. The molecule has 1 aromatic rings. The van der Waals surface area contributed by atoms with Gasteiger partial charge in [-0.05, 0) is 6.07 Å². The molecule has 2 heterocycles. The number of nitrogens with zero attached hydrogens (tertiary/aromatic N) is 2. The third-order valence-electron chi connectivity index (χ3n) is 3.18. The van der Waals surface area contributed by atoms with Crippen LogP contribution in [0.15, 0.2) is 12.3 Å². The summed E-state index contributed by atoms with van der Waals surface area (Å²) in [6, 6.07) is 1.61. The molecule has 1 aliphatic heterocycles. The molecule has 0 bridgehead atoms. The second-order valence-electron chi connectivity index (χ2n) is 4.53. The SMILES string of the molecule is COC(=O)c1cc(NCCN2CCOCC2)ncc1N. The van der Waals surface area contributed by atoms with E-state index in [1.807, 2.05) is 0 Å². The van der Waals surface area contributed by atoms with Gasteiger partial charge in [0.15, 0.2) is 0 Å². The topological polar surface area (TPSA) is 89.7 Å². The number of anilines is 2. The van der Waals surface area contributed by atoms with Crippen LogP contribution in [0.5, 0.6) is 0 Å². The molecule has 1 fully saturated rings. The van der Waals surface area contributed by atoms with Crippen molar-refractivity contribution in [1.29, 1.82) is 0 Å². The maximum Gasteiger partial charge on any atom is 0.340 e. The second kappa shape index (κ2) is 7.06. The number of nitrogens with two attached hydrogens (primary N) is 1. The Balaban J connectivity index is 1.87. The van der Waals surface area contributed by atoms with Crippen LogP contribution < -0.4 is 11.1 Å². The van der Waals surface area contributed by atoms with Crippen LogP contribution in [0.3, 0.4) is 0 Å². The zero-order chi connectivity index (χ0) is 14.4. The highest BCUT2D eigenvalue weighted by Gasteiger charge is 2.12. The van der Waals surface area contributed by atoms with E-state index in [0.717, 1.165) is 39.4 Å². The van der Waals surface area contributed by atoms with Crippen molar-refractivity contribution in [2.24, 2.45) is 0 Å². The molecule has 0 atom stereocenters. The van der Waals surface area contributed by atoms with Crippen LogP contribution in [0.2, 0.25) is 0 Å². The van der Waals surface area contributed by atoms with E-state index >= 15 is 0 Å². The van der Waals surface area contributed by atoms with Crippen molar-refractivity contribution in [3.63, 3.8) is 0 Å². The number of esters is 1. The van der Waals surface area contributed by atoms with E-state index in [-0.39, 0.29) is 0 Å². The normalized spacial score (nSPS) is 15.8. The van der Waals surface area contributed by atoms with Gasteiger partial charge < -0.3 is 20.5 Å². The Labute approximate surface area is 118 Å². The van der Waals surface area contributed by atoms with Gasteiger partial charge in [0, 0.05) is 26.2 Å². The van der Waals surface area contributed by atoms with Gasteiger partial charge in [0.25, 0.3) is 0 Å². The number of nitrogen functional groups attached to an aromatic ring is 1. The Kier molecular flexibility index (Phi) is 5.14. The van der Waals surface area contributed by atoms with Crippen molar-refractivity contribution >= 4 is 17.5 Å². The fourth-order valence-corrected chi connectivity index (χ4v) is 2.02. The highest BCUT2D eigenvalue weighted by molar-refractivity contribution is 5.95. The monoisotopic (exact) mass is 280 g/mol. The molecular weight excluding hydrogens is 260 g/mol. The highest BCUT2D eigenvalue weighted by Crippen LogP contribution is 2.15. The first-order valence-corrected chi connectivity index (χ1v) is 6.58. The summed E-state index contributed by atoms with van der Waals surface area (Å²) in [5, 5.41) is 3.18. The molecular formula is C13H20N4O3. The largest absolute Gasteiger partial charge is 0.465 e. The van der Waals surface area contributed by atoms with Crippen molar-refractivity contribution in [3.05, 3.63) is 17.8 Å². The summed E-state index contributed by atoms with van der Waals surface area (Å²) < 4.78 is 9.97. The minimum atomic E-state index is -0.457. The minimum absolute atomic E-state index is 0.315. The Morgan fingerprint density at radius 2 is 2.30 bits per heavy atom. The van der Waals surface area contributed by atoms with E-state index in [1.54, 1.807) is 6.07 Å². The lowest BCUT2D eigenvalue weighted by Gasteiger charge is -2.26. The van der Waals surface area contributed by atoms with E-state index in [9.17, 15) is 4.79 Å². The molecule has 0 aromatic carbocycles. The zero-order valence-electron chi connectivity index (χ0n) is 11.6. The number of rotatable bonds is 5. The minimum Gasteiger partial charge on any atom is -0.465 e. The number of ether oxygens (including phenoxy) is 2. The molecule has 0 aliphatic carbocycles. The summed E-state index contributed by atoms with van der Waals surface area (Å²) in [5.74, 6) is 0.161. The van der Waals surface area contributed by atoms with Crippen LogP contribution in [0, 0.1) is 0 Å². The molecule has 0 radical (unpaired) electrons. The van der Waals surface area contributed by atoms with E-state index in [0.29, 0.717) is 17.1 Å². The highest BCUT2D eigenvalue weighted by atomic mass is 16.5. The summed E-state index contributed by atoms with van der Waals surface area (Å²) >= 11 is 0. The molecule has 0 spiro atoms. The zero-order valence-corrected chi connectivity index (χ0v) is 11.6. The molecule has 1 aromatic heterocycles. The first kappa shape index (κ1) is 14.5.